The summed E-state index contributed by atoms with van der Waals surface area (Å²) < 4.78 is 5.89. The molecule has 3 aromatic carbocycles. The molecule has 37 heavy (non-hydrogen) atoms. The van der Waals surface area contributed by atoms with Crippen molar-refractivity contribution in [3.63, 3.8) is 0 Å². The van der Waals surface area contributed by atoms with Crippen LogP contribution in [0.2, 0.25) is 0 Å². The van der Waals surface area contributed by atoms with E-state index in [0.717, 1.165) is 34.0 Å². The predicted octanol–water partition coefficient (Wildman–Crippen LogP) is 6.08. The Morgan fingerprint density at radius 2 is 1.51 bits per heavy atom. The minimum absolute atomic E-state index is 0.160. The molecule has 0 saturated carbocycles. The quantitative estimate of drug-likeness (QED) is 0.229. The van der Waals surface area contributed by atoms with Crippen LogP contribution in [0.25, 0.3) is 0 Å². The van der Waals surface area contributed by atoms with E-state index in [-0.39, 0.29) is 23.7 Å². The van der Waals surface area contributed by atoms with E-state index in [1.165, 1.54) is 0 Å². The first kappa shape index (κ1) is 25.6. The van der Waals surface area contributed by atoms with Gasteiger partial charge in [0.05, 0.1) is 5.92 Å². The number of aliphatic imine (C=N–C) groups is 1. The summed E-state index contributed by atoms with van der Waals surface area (Å²) in [5, 5.41) is 6.16. The molecule has 188 valence electrons. The van der Waals surface area contributed by atoms with E-state index in [1.54, 1.807) is 0 Å². The fraction of sp³-hybridized carbons (Fsp3) is 0.200. The summed E-state index contributed by atoms with van der Waals surface area (Å²) in [7, 11) is 0. The molecule has 0 radical (unpaired) electrons. The highest BCUT2D eigenvalue weighted by atomic mass is 16.5. The van der Waals surface area contributed by atoms with Gasteiger partial charge in [0.2, 0.25) is 11.9 Å². The third-order valence-electron chi connectivity index (χ3n) is 5.72. The number of ether oxygens (including phenoxy) is 1. The van der Waals surface area contributed by atoms with E-state index in [2.05, 4.69) is 25.6 Å². The number of rotatable bonds is 8. The third kappa shape index (κ3) is 7.48. The van der Waals surface area contributed by atoms with E-state index in [0.29, 0.717) is 13.0 Å². The van der Waals surface area contributed by atoms with Gasteiger partial charge in [0.15, 0.2) is 0 Å². The third-order valence-corrected chi connectivity index (χ3v) is 5.72. The Labute approximate surface area is 217 Å². The number of carbonyl (C=O) groups excluding carboxylic acids is 1. The van der Waals surface area contributed by atoms with Crippen molar-refractivity contribution in [1.82, 2.24) is 15.3 Å². The van der Waals surface area contributed by atoms with Gasteiger partial charge in [0, 0.05) is 17.1 Å². The van der Waals surface area contributed by atoms with E-state index in [1.807, 2.05) is 112 Å². The summed E-state index contributed by atoms with van der Waals surface area (Å²) >= 11 is 0. The highest BCUT2D eigenvalue weighted by molar-refractivity contribution is 6.06. The molecule has 0 bridgehead atoms. The minimum Gasteiger partial charge on any atom is -0.489 e. The Bertz CT molecular complexity index is 1320. The number of benzene rings is 3. The lowest BCUT2D eigenvalue weighted by Crippen LogP contribution is -2.38. The van der Waals surface area contributed by atoms with Gasteiger partial charge >= 0.3 is 0 Å². The number of carbonyl (C=O) groups is 1. The number of hydrogen-bond donors (Lipinski definition) is 2. The molecule has 1 aromatic heterocycles. The number of guanidine groups is 1. The van der Waals surface area contributed by atoms with Crippen LogP contribution >= 0.6 is 0 Å². The lowest BCUT2D eigenvalue weighted by Gasteiger charge is -2.17. The van der Waals surface area contributed by atoms with E-state index in [4.69, 9.17) is 4.74 Å². The number of nitrogens with one attached hydrogen (secondary N) is 2. The number of anilines is 1. The van der Waals surface area contributed by atoms with Gasteiger partial charge in [-0.2, -0.15) is 4.99 Å². The number of hydrogen-bond acceptors (Lipinski definition) is 5. The van der Waals surface area contributed by atoms with Crippen molar-refractivity contribution < 1.29 is 9.53 Å². The SMILES string of the molecule is CC[C@@H](C(=O)N/C(=N\c1nc(C)cc(C)n1)Nc1ccc(OCc2ccccc2)cc1)c1ccccc1. The van der Waals surface area contributed by atoms with Crippen molar-refractivity contribution >= 4 is 23.5 Å². The van der Waals surface area contributed by atoms with Gasteiger partial charge in [-0.3, -0.25) is 10.1 Å². The highest BCUT2D eigenvalue weighted by Crippen LogP contribution is 2.21. The fourth-order valence-electron chi connectivity index (χ4n) is 3.92. The zero-order valence-electron chi connectivity index (χ0n) is 21.3. The molecule has 1 atom stereocenters. The fourth-order valence-corrected chi connectivity index (χ4v) is 3.92. The second kappa shape index (κ2) is 12.4. The summed E-state index contributed by atoms with van der Waals surface area (Å²) in [5.74, 6) is 0.789. The maximum absolute atomic E-state index is 13.3. The van der Waals surface area contributed by atoms with Crippen molar-refractivity contribution in [1.29, 1.82) is 0 Å². The molecule has 0 unspecified atom stereocenters. The van der Waals surface area contributed by atoms with Crippen LogP contribution in [0.1, 0.15) is 41.8 Å². The standard InChI is InChI=1S/C30H31N5O2/c1-4-27(24-13-9-6-10-14-24)28(36)34-30(35-29-31-21(2)19-22(3)32-29)33-25-15-17-26(18-16-25)37-20-23-11-7-5-8-12-23/h5-19,27H,4,20H2,1-3H3,(H2,31,32,33,34,35,36)/t27-/m1/s1. The van der Waals surface area contributed by atoms with Crippen LogP contribution in [0.5, 0.6) is 5.75 Å². The van der Waals surface area contributed by atoms with E-state index >= 15 is 0 Å². The van der Waals surface area contributed by atoms with Gasteiger partial charge in [-0.05, 0) is 61.7 Å². The molecule has 7 heteroatoms. The molecule has 0 spiro atoms. The van der Waals surface area contributed by atoms with Crippen molar-refractivity contribution in [2.45, 2.75) is 39.7 Å². The van der Waals surface area contributed by atoms with Crippen LogP contribution in [0, 0.1) is 13.8 Å². The second-order valence-corrected chi connectivity index (χ2v) is 8.70. The smallest absolute Gasteiger partial charge is 0.253 e. The van der Waals surface area contributed by atoms with Crippen LogP contribution in [0.3, 0.4) is 0 Å². The molecule has 7 nitrogen and oxygen atoms in total. The number of nitrogens with zero attached hydrogens (tertiary/aromatic N) is 3. The van der Waals surface area contributed by atoms with Gasteiger partial charge in [-0.25, -0.2) is 9.97 Å². The first-order valence-corrected chi connectivity index (χ1v) is 12.3. The van der Waals surface area contributed by atoms with E-state index in [9.17, 15) is 4.79 Å². The summed E-state index contributed by atoms with van der Waals surface area (Å²) in [6, 6.07) is 29.1. The van der Waals surface area contributed by atoms with Crippen LogP contribution in [0.4, 0.5) is 11.6 Å². The molecule has 1 heterocycles. The second-order valence-electron chi connectivity index (χ2n) is 8.70. The van der Waals surface area contributed by atoms with Crippen molar-refractivity contribution in [3.05, 3.63) is 114 Å². The minimum atomic E-state index is -0.317. The molecule has 4 aromatic rings. The molecule has 0 saturated heterocycles. The zero-order valence-corrected chi connectivity index (χ0v) is 21.3. The highest BCUT2D eigenvalue weighted by Gasteiger charge is 2.20. The topological polar surface area (TPSA) is 88.5 Å². The summed E-state index contributed by atoms with van der Waals surface area (Å²) in [5.41, 5.74) is 4.38. The van der Waals surface area contributed by atoms with Gasteiger partial charge < -0.3 is 10.1 Å². The number of aryl methyl sites for hydroxylation is 2. The zero-order chi connectivity index (χ0) is 26.0. The maximum Gasteiger partial charge on any atom is 0.253 e. The Hall–Kier alpha value is -4.52. The average Bonchev–Trinajstić information content (AvgIpc) is 2.89. The Morgan fingerprint density at radius 1 is 0.892 bits per heavy atom. The molecule has 0 aliphatic carbocycles. The summed E-state index contributed by atoms with van der Waals surface area (Å²) in [6.07, 6.45) is 0.649. The summed E-state index contributed by atoms with van der Waals surface area (Å²) in [4.78, 5) is 26.6. The largest absolute Gasteiger partial charge is 0.489 e. The van der Waals surface area contributed by atoms with Crippen LogP contribution in [-0.4, -0.2) is 21.8 Å². The van der Waals surface area contributed by atoms with Gasteiger partial charge in [-0.1, -0.05) is 67.6 Å². The average molecular weight is 494 g/mol. The Morgan fingerprint density at radius 3 is 2.14 bits per heavy atom. The lowest BCUT2D eigenvalue weighted by atomic mass is 9.96. The monoisotopic (exact) mass is 493 g/mol. The normalized spacial score (nSPS) is 12.0. The van der Waals surface area contributed by atoms with E-state index < -0.39 is 0 Å². The molecule has 1 amide bonds. The Balaban J connectivity index is 1.53. The Kier molecular flexibility index (Phi) is 8.60. The number of amides is 1. The van der Waals surface area contributed by atoms with Crippen molar-refractivity contribution in [2.24, 2.45) is 4.99 Å². The van der Waals surface area contributed by atoms with Crippen LogP contribution < -0.4 is 15.4 Å². The maximum atomic E-state index is 13.3. The molecular weight excluding hydrogens is 462 g/mol. The molecule has 2 N–H and O–H groups in total. The van der Waals surface area contributed by atoms with Gasteiger partial charge in [0.1, 0.15) is 12.4 Å². The van der Waals surface area contributed by atoms with Gasteiger partial charge in [-0.15, -0.1) is 0 Å². The van der Waals surface area contributed by atoms with Crippen molar-refractivity contribution in [3.8, 4) is 5.75 Å². The first-order valence-electron chi connectivity index (χ1n) is 12.3. The molecule has 4 rings (SSSR count). The molecule has 0 aliphatic rings. The predicted molar refractivity (Wildman–Crippen MR) is 147 cm³/mol. The number of aromatic nitrogens is 2. The first-order chi connectivity index (χ1) is 18.0. The molecular formula is C30H31N5O2. The molecule has 0 aliphatic heterocycles. The van der Waals surface area contributed by atoms with Crippen LogP contribution in [0.15, 0.2) is 96.0 Å². The molecule has 0 fully saturated rings. The van der Waals surface area contributed by atoms with Crippen molar-refractivity contribution in [2.75, 3.05) is 5.32 Å². The lowest BCUT2D eigenvalue weighted by molar-refractivity contribution is -0.121. The van der Waals surface area contributed by atoms with Crippen LogP contribution in [-0.2, 0) is 11.4 Å². The van der Waals surface area contributed by atoms with Gasteiger partial charge in [0.25, 0.3) is 5.95 Å². The summed E-state index contributed by atoms with van der Waals surface area (Å²) in [6.45, 7) is 6.24.